The van der Waals surface area contributed by atoms with E-state index >= 15 is 0 Å². The van der Waals surface area contributed by atoms with Crippen molar-refractivity contribution in [3.05, 3.63) is 41.0 Å². The number of nitriles is 1. The number of carbonyl (C=O) groups excluding carboxylic acids is 2. The molecule has 0 aromatic heterocycles. The lowest BCUT2D eigenvalue weighted by atomic mass is 9.89. The van der Waals surface area contributed by atoms with Gasteiger partial charge in [-0.15, -0.1) is 0 Å². The second-order valence-electron chi connectivity index (χ2n) is 6.41. The molecule has 0 N–H and O–H groups in total. The molecule has 2 aliphatic rings. The number of rotatable bonds is 2. The lowest BCUT2D eigenvalue weighted by molar-refractivity contribution is -0.138. The molecule has 0 radical (unpaired) electrons. The van der Waals surface area contributed by atoms with Crippen LogP contribution >= 0.6 is 0 Å². The van der Waals surface area contributed by atoms with Gasteiger partial charge < -0.3 is 4.74 Å². The zero-order chi connectivity index (χ0) is 17.6. The molecule has 122 valence electrons. The number of benzene rings is 1. The number of para-hydroxylation sites is 1. The fraction of sp³-hybridized carbons (Fsp3) is 0.316. The van der Waals surface area contributed by atoms with Crippen LogP contribution in [0.4, 0.5) is 5.69 Å². The van der Waals surface area contributed by atoms with Crippen molar-refractivity contribution in [3.63, 3.8) is 0 Å². The van der Waals surface area contributed by atoms with Crippen LogP contribution in [0.1, 0.15) is 38.8 Å². The highest BCUT2D eigenvalue weighted by Gasteiger charge is 2.46. The largest absolute Gasteiger partial charge is 0.462 e. The number of esters is 1. The Morgan fingerprint density at radius 2 is 2.00 bits per heavy atom. The maximum Gasteiger partial charge on any atom is 0.349 e. The van der Waals surface area contributed by atoms with E-state index in [0.29, 0.717) is 5.56 Å². The Hall–Kier alpha value is -2.87. The molecule has 0 bridgehead atoms. The summed E-state index contributed by atoms with van der Waals surface area (Å²) < 4.78 is 4.96. The third kappa shape index (κ3) is 2.07. The summed E-state index contributed by atoms with van der Waals surface area (Å²) in [5, 5.41) is 9.46. The second kappa shape index (κ2) is 5.34. The molecule has 1 aromatic rings. The standard InChI is InChI=1S/C19H18N2O3/c1-5-24-18(23)14(10-20)15-13-8-6-7-12-11(2)9-19(3,4)21(16(12)13)17(15)22/h6-9H,5H2,1-4H3/b15-14+. The number of ether oxygens (including phenoxy) is 1. The first-order chi connectivity index (χ1) is 11.3. The summed E-state index contributed by atoms with van der Waals surface area (Å²) in [6, 6.07) is 7.42. The smallest absolute Gasteiger partial charge is 0.349 e. The average molecular weight is 322 g/mol. The molecule has 0 fully saturated rings. The SMILES string of the molecule is CCOC(=O)/C(C#N)=C1/C(=O)N2c3c(cccc31)C(C)=CC2(C)C. The maximum atomic E-state index is 13.1. The first-order valence-electron chi connectivity index (χ1n) is 7.82. The van der Waals surface area contributed by atoms with Gasteiger partial charge >= 0.3 is 5.97 Å². The molecule has 0 saturated heterocycles. The van der Waals surface area contributed by atoms with Crippen molar-refractivity contribution < 1.29 is 14.3 Å². The van der Waals surface area contributed by atoms with Gasteiger partial charge in [-0.05, 0) is 33.3 Å². The molecule has 2 heterocycles. The maximum absolute atomic E-state index is 13.1. The Labute approximate surface area is 140 Å². The van der Waals surface area contributed by atoms with Gasteiger partial charge in [-0.1, -0.05) is 24.3 Å². The van der Waals surface area contributed by atoms with Crippen LogP contribution in [-0.4, -0.2) is 24.0 Å². The summed E-state index contributed by atoms with van der Waals surface area (Å²) in [5.41, 5.74) is 2.73. The summed E-state index contributed by atoms with van der Waals surface area (Å²) in [4.78, 5) is 26.9. The monoisotopic (exact) mass is 322 g/mol. The van der Waals surface area contributed by atoms with Gasteiger partial charge in [0, 0.05) is 11.1 Å². The predicted octanol–water partition coefficient (Wildman–Crippen LogP) is 3.07. The van der Waals surface area contributed by atoms with Gasteiger partial charge in [-0.2, -0.15) is 5.26 Å². The molecular formula is C19H18N2O3. The average Bonchev–Trinajstić information content (AvgIpc) is 2.80. The lowest BCUT2D eigenvalue weighted by Gasteiger charge is -2.38. The number of anilines is 1. The molecule has 24 heavy (non-hydrogen) atoms. The molecule has 0 spiro atoms. The van der Waals surface area contributed by atoms with Crippen molar-refractivity contribution in [1.29, 1.82) is 5.26 Å². The van der Waals surface area contributed by atoms with E-state index in [1.54, 1.807) is 17.9 Å². The Kier molecular flexibility index (Phi) is 3.56. The summed E-state index contributed by atoms with van der Waals surface area (Å²) in [6.45, 7) is 7.68. The van der Waals surface area contributed by atoms with Crippen molar-refractivity contribution in [2.45, 2.75) is 33.2 Å². The second-order valence-corrected chi connectivity index (χ2v) is 6.41. The van der Waals surface area contributed by atoms with E-state index in [1.165, 1.54) is 0 Å². The van der Waals surface area contributed by atoms with Crippen LogP contribution in [0.3, 0.4) is 0 Å². The van der Waals surface area contributed by atoms with E-state index in [0.717, 1.165) is 16.8 Å². The van der Waals surface area contributed by atoms with Gasteiger partial charge in [-0.3, -0.25) is 9.69 Å². The van der Waals surface area contributed by atoms with Crippen LogP contribution in [0.15, 0.2) is 29.8 Å². The van der Waals surface area contributed by atoms with Gasteiger partial charge in [0.05, 0.1) is 23.4 Å². The molecule has 0 aliphatic carbocycles. The van der Waals surface area contributed by atoms with E-state index in [2.05, 4.69) is 0 Å². The topological polar surface area (TPSA) is 70.4 Å². The van der Waals surface area contributed by atoms with E-state index in [-0.39, 0.29) is 23.7 Å². The molecule has 2 aliphatic heterocycles. The molecular weight excluding hydrogens is 304 g/mol. The van der Waals surface area contributed by atoms with Gasteiger partial charge in [-0.25, -0.2) is 4.79 Å². The third-order valence-corrected chi connectivity index (χ3v) is 4.36. The number of allylic oxidation sites excluding steroid dienone is 1. The Balaban J connectivity index is 2.33. The quantitative estimate of drug-likeness (QED) is 0.476. The number of hydrogen-bond acceptors (Lipinski definition) is 4. The summed E-state index contributed by atoms with van der Waals surface area (Å²) in [5.74, 6) is -1.10. The minimum absolute atomic E-state index is 0.129. The van der Waals surface area contributed by atoms with Gasteiger partial charge in [0.2, 0.25) is 0 Å². The fourth-order valence-electron chi connectivity index (χ4n) is 3.50. The normalized spacial score (nSPS) is 19.4. The number of nitrogens with zero attached hydrogens (tertiary/aromatic N) is 2. The predicted molar refractivity (Wildman–Crippen MR) is 90.8 cm³/mol. The van der Waals surface area contributed by atoms with Gasteiger partial charge in [0.1, 0.15) is 6.07 Å². The Morgan fingerprint density at radius 3 is 2.62 bits per heavy atom. The molecule has 1 aromatic carbocycles. The minimum atomic E-state index is -0.761. The molecule has 0 saturated carbocycles. The van der Waals surface area contributed by atoms with Crippen LogP contribution in [0.2, 0.25) is 0 Å². The van der Waals surface area contributed by atoms with Crippen molar-refractivity contribution >= 4 is 28.7 Å². The summed E-state index contributed by atoms with van der Waals surface area (Å²) >= 11 is 0. The van der Waals surface area contributed by atoms with Crippen molar-refractivity contribution in [1.82, 2.24) is 0 Å². The fourth-order valence-corrected chi connectivity index (χ4v) is 3.50. The summed E-state index contributed by atoms with van der Waals surface area (Å²) in [6.07, 6.45) is 2.02. The van der Waals surface area contributed by atoms with Crippen molar-refractivity contribution in [2.75, 3.05) is 11.5 Å². The highest BCUT2D eigenvalue weighted by atomic mass is 16.5. The molecule has 0 unspecified atom stereocenters. The van der Waals surface area contributed by atoms with E-state index < -0.39 is 11.5 Å². The zero-order valence-corrected chi connectivity index (χ0v) is 14.1. The number of carbonyl (C=O) groups is 2. The molecule has 3 rings (SSSR count). The highest BCUT2D eigenvalue weighted by molar-refractivity contribution is 6.38. The molecule has 5 nitrogen and oxygen atoms in total. The first kappa shape index (κ1) is 16.0. The molecule has 5 heteroatoms. The van der Waals surface area contributed by atoms with Crippen molar-refractivity contribution in [2.24, 2.45) is 0 Å². The van der Waals surface area contributed by atoms with Gasteiger partial charge in [0.25, 0.3) is 5.91 Å². The van der Waals surface area contributed by atoms with Crippen LogP contribution in [0, 0.1) is 11.3 Å². The van der Waals surface area contributed by atoms with Gasteiger partial charge in [0.15, 0.2) is 5.57 Å². The lowest BCUT2D eigenvalue weighted by Crippen LogP contribution is -2.46. The van der Waals surface area contributed by atoms with E-state index in [9.17, 15) is 14.9 Å². The van der Waals surface area contributed by atoms with E-state index in [4.69, 9.17) is 4.74 Å². The number of amides is 1. The zero-order valence-electron chi connectivity index (χ0n) is 14.1. The van der Waals surface area contributed by atoms with Crippen LogP contribution in [0.25, 0.3) is 11.1 Å². The minimum Gasteiger partial charge on any atom is -0.462 e. The Bertz CT molecular complexity index is 869. The third-order valence-electron chi connectivity index (χ3n) is 4.36. The highest BCUT2D eigenvalue weighted by Crippen LogP contribution is 2.49. The summed E-state index contributed by atoms with van der Waals surface area (Å²) in [7, 11) is 0. The number of hydrogen-bond donors (Lipinski definition) is 0. The molecule has 0 atom stereocenters. The van der Waals surface area contributed by atoms with Crippen LogP contribution in [0.5, 0.6) is 0 Å². The van der Waals surface area contributed by atoms with Crippen LogP contribution in [-0.2, 0) is 14.3 Å². The Morgan fingerprint density at radius 1 is 1.33 bits per heavy atom. The van der Waals surface area contributed by atoms with Crippen molar-refractivity contribution in [3.8, 4) is 6.07 Å². The van der Waals surface area contributed by atoms with E-state index in [1.807, 2.05) is 45.0 Å². The first-order valence-corrected chi connectivity index (χ1v) is 7.82. The molecule has 1 amide bonds. The van der Waals surface area contributed by atoms with Crippen LogP contribution < -0.4 is 4.90 Å².